The van der Waals surface area contributed by atoms with Crippen LogP contribution in [-0.2, 0) is 9.53 Å². The molecule has 0 saturated heterocycles. The fraction of sp³-hybridized carbons (Fsp3) is 0.265. The highest BCUT2D eigenvalue weighted by molar-refractivity contribution is 6.03. The number of aromatic nitrogens is 1. The van der Waals surface area contributed by atoms with Crippen molar-refractivity contribution in [1.29, 1.82) is 5.26 Å². The number of para-hydroxylation sites is 1. The zero-order valence-electron chi connectivity index (χ0n) is 26.2. The summed E-state index contributed by atoms with van der Waals surface area (Å²) >= 11 is 0. The van der Waals surface area contributed by atoms with Crippen molar-refractivity contribution >= 4 is 29.4 Å². The van der Waals surface area contributed by atoms with Crippen LogP contribution in [0.15, 0.2) is 71.3 Å². The predicted octanol–water partition coefficient (Wildman–Crippen LogP) is 6.53. The summed E-state index contributed by atoms with van der Waals surface area (Å²) in [6, 6.07) is 19.3. The summed E-state index contributed by atoms with van der Waals surface area (Å²) in [5.41, 5.74) is 2.57. The third kappa shape index (κ3) is 7.69. The minimum absolute atomic E-state index is 0.00595. The molecule has 0 radical (unpaired) electrons. The van der Waals surface area contributed by atoms with E-state index in [0.717, 1.165) is 0 Å². The molecule has 2 aromatic carbocycles. The van der Waals surface area contributed by atoms with Gasteiger partial charge in [-0.3, -0.25) is 9.59 Å². The Morgan fingerprint density at radius 3 is 2.48 bits per heavy atom. The number of carbonyl (C=O) groups is 3. The Labute approximate surface area is 266 Å². The van der Waals surface area contributed by atoms with Crippen molar-refractivity contribution in [3.05, 3.63) is 83.8 Å². The molecular formula is C34H35N5O7. The van der Waals surface area contributed by atoms with Gasteiger partial charge in [-0.15, -0.1) is 0 Å². The Morgan fingerprint density at radius 2 is 1.83 bits per heavy atom. The van der Waals surface area contributed by atoms with Gasteiger partial charge in [-0.1, -0.05) is 24.3 Å². The normalized spacial score (nSPS) is 11.0. The van der Waals surface area contributed by atoms with Crippen LogP contribution in [0.1, 0.15) is 48.9 Å². The molecule has 4 aromatic rings. The van der Waals surface area contributed by atoms with Gasteiger partial charge in [0.2, 0.25) is 5.91 Å². The summed E-state index contributed by atoms with van der Waals surface area (Å²) in [7, 11) is 1.51. The number of carboxylic acid groups (broad SMARTS) is 1. The molecule has 0 spiro atoms. The van der Waals surface area contributed by atoms with Gasteiger partial charge in [-0.2, -0.15) is 5.26 Å². The molecule has 0 aliphatic heterocycles. The van der Waals surface area contributed by atoms with Crippen molar-refractivity contribution < 1.29 is 33.4 Å². The van der Waals surface area contributed by atoms with Gasteiger partial charge in [-0.25, -0.2) is 9.78 Å². The third-order valence-electron chi connectivity index (χ3n) is 7.04. The Bertz CT molecular complexity index is 1770. The third-order valence-corrected chi connectivity index (χ3v) is 7.04. The summed E-state index contributed by atoms with van der Waals surface area (Å²) < 4.78 is 16.1. The largest absolute Gasteiger partial charge is 0.467 e. The van der Waals surface area contributed by atoms with Crippen molar-refractivity contribution in [2.75, 3.05) is 31.1 Å². The number of benzene rings is 2. The first kappa shape index (κ1) is 33.2. The summed E-state index contributed by atoms with van der Waals surface area (Å²) in [5.74, 6) is -0.450. The van der Waals surface area contributed by atoms with Crippen molar-refractivity contribution in [3.63, 3.8) is 0 Å². The minimum atomic E-state index is -1.11. The zero-order valence-corrected chi connectivity index (χ0v) is 26.2. The number of methoxy groups -OCH3 is 1. The Hall–Kier alpha value is -5.67. The molecule has 3 N–H and O–H groups in total. The van der Waals surface area contributed by atoms with Crippen LogP contribution in [0.2, 0.25) is 0 Å². The number of nitrogens with zero attached hydrogens (tertiary/aromatic N) is 3. The first-order valence-electron chi connectivity index (χ1n) is 14.4. The second-order valence-electron chi connectivity index (χ2n) is 11.3. The zero-order chi connectivity index (χ0) is 33.4. The molecule has 46 heavy (non-hydrogen) atoms. The smallest absolute Gasteiger partial charge is 0.407 e. The van der Waals surface area contributed by atoms with Crippen LogP contribution >= 0.6 is 0 Å². The lowest BCUT2D eigenvalue weighted by molar-refractivity contribution is -0.116. The van der Waals surface area contributed by atoms with Gasteiger partial charge < -0.3 is 34.5 Å². The number of furan rings is 1. The highest BCUT2D eigenvalue weighted by Crippen LogP contribution is 2.40. The summed E-state index contributed by atoms with van der Waals surface area (Å²) in [6.45, 7) is 7.08. The fourth-order valence-electron chi connectivity index (χ4n) is 4.89. The Balaban J connectivity index is 1.78. The molecule has 0 aliphatic carbocycles. The second-order valence-corrected chi connectivity index (χ2v) is 11.3. The molecule has 0 fully saturated rings. The minimum Gasteiger partial charge on any atom is -0.467 e. The number of hydrogen-bond donors (Lipinski definition) is 3. The molecule has 0 saturated carbocycles. The maximum absolute atomic E-state index is 13.0. The highest BCUT2D eigenvalue weighted by atomic mass is 16.7. The first-order chi connectivity index (χ1) is 21.9. The van der Waals surface area contributed by atoms with E-state index in [0.29, 0.717) is 39.4 Å². The molecule has 2 aromatic heterocycles. The van der Waals surface area contributed by atoms with E-state index in [4.69, 9.17) is 18.9 Å². The van der Waals surface area contributed by atoms with Crippen LogP contribution in [0.4, 0.5) is 16.3 Å². The quantitative estimate of drug-likeness (QED) is 0.157. The van der Waals surface area contributed by atoms with Crippen LogP contribution < -0.4 is 15.4 Å². The molecular weight excluding hydrogens is 590 g/mol. The van der Waals surface area contributed by atoms with Crippen LogP contribution in [0, 0.1) is 18.3 Å². The number of ether oxygens (including phenoxy) is 2. The maximum atomic E-state index is 13.0. The van der Waals surface area contributed by atoms with Gasteiger partial charge in [0.1, 0.15) is 17.4 Å². The van der Waals surface area contributed by atoms with Gasteiger partial charge in [0, 0.05) is 42.4 Å². The molecule has 12 heteroatoms. The number of carbonyl (C=O) groups excluding carboxylic acids is 2. The lowest BCUT2D eigenvalue weighted by Gasteiger charge is -2.32. The van der Waals surface area contributed by atoms with Gasteiger partial charge in [0.25, 0.3) is 5.91 Å². The van der Waals surface area contributed by atoms with Gasteiger partial charge in [-0.05, 0) is 75.2 Å². The van der Waals surface area contributed by atoms with Crippen molar-refractivity contribution in [2.24, 2.45) is 0 Å². The number of hydrogen-bond acceptors (Lipinski definition) is 8. The average molecular weight is 626 g/mol. The van der Waals surface area contributed by atoms with Crippen LogP contribution in [0.3, 0.4) is 0 Å². The molecule has 4 rings (SSSR count). The van der Waals surface area contributed by atoms with E-state index in [1.165, 1.54) is 24.3 Å². The monoisotopic (exact) mass is 625 g/mol. The van der Waals surface area contributed by atoms with Crippen LogP contribution in [-0.4, -0.2) is 58.9 Å². The first-order valence-corrected chi connectivity index (χ1v) is 14.4. The molecule has 238 valence electrons. The predicted molar refractivity (Wildman–Crippen MR) is 171 cm³/mol. The Morgan fingerprint density at radius 1 is 1.07 bits per heavy atom. The highest BCUT2D eigenvalue weighted by Gasteiger charge is 2.27. The maximum Gasteiger partial charge on any atom is 0.407 e. The lowest BCUT2D eigenvalue weighted by atomic mass is 9.92. The van der Waals surface area contributed by atoms with Crippen LogP contribution in [0.5, 0.6) is 5.75 Å². The fourth-order valence-corrected chi connectivity index (χ4v) is 4.89. The van der Waals surface area contributed by atoms with E-state index in [2.05, 4.69) is 16.7 Å². The number of amides is 3. The molecule has 3 amide bonds. The molecule has 2 heterocycles. The molecule has 0 atom stereocenters. The SMILES string of the molecule is COCOc1ccccc1-c1nc(NC(=O)c2ccco2)c(C#N)c(-c2cccc(NC(=O)CCN(C(=O)O)C(C)(C)C)c2)c1C. The van der Waals surface area contributed by atoms with Gasteiger partial charge >= 0.3 is 6.09 Å². The summed E-state index contributed by atoms with van der Waals surface area (Å²) in [6.07, 6.45) is 0.196. The number of nitrogens with one attached hydrogen (secondary N) is 2. The average Bonchev–Trinajstić information content (AvgIpc) is 3.55. The van der Waals surface area contributed by atoms with Gasteiger partial charge in [0.05, 0.1) is 12.0 Å². The van der Waals surface area contributed by atoms with Gasteiger partial charge in [0.15, 0.2) is 18.4 Å². The number of anilines is 2. The van der Waals surface area contributed by atoms with E-state index >= 15 is 0 Å². The van der Waals surface area contributed by atoms with Crippen molar-refractivity contribution in [3.8, 4) is 34.2 Å². The summed E-state index contributed by atoms with van der Waals surface area (Å²) in [4.78, 5) is 43.5. The van der Waals surface area contributed by atoms with E-state index in [9.17, 15) is 24.8 Å². The van der Waals surface area contributed by atoms with E-state index in [1.54, 1.807) is 63.2 Å². The van der Waals surface area contributed by atoms with Crippen molar-refractivity contribution in [1.82, 2.24) is 9.88 Å². The Kier molecular flexibility index (Phi) is 10.4. The van der Waals surface area contributed by atoms with Crippen molar-refractivity contribution in [2.45, 2.75) is 39.7 Å². The number of pyridine rings is 1. The molecule has 12 nitrogen and oxygen atoms in total. The van der Waals surface area contributed by atoms with E-state index in [-0.39, 0.29) is 42.8 Å². The number of nitriles is 1. The van der Waals surface area contributed by atoms with E-state index in [1.807, 2.05) is 19.1 Å². The topological polar surface area (TPSA) is 167 Å². The number of rotatable bonds is 11. The molecule has 0 bridgehead atoms. The standard InChI is InChI=1S/C34H35N5O7/c1-21-29(22-10-8-11-23(18-22)36-28(40)15-16-39(33(42)43)34(2,3)4)25(19-35)31(38-32(41)27-14-9-17-45-27)37-30(21)24-12-6-7-13-26(24)46-20-44-5/h6-14,17-18H,15-16,20H2,1-5H3,(H,36,40)(H,42,43)(H,37,38,41). The molecule has 0 unspecified atom stereocenters. The summed E-state index contributed by atoms with van der Waals surface area (Å²) in [5, 5.41) is 25.5. The van der Waals surface area contributed by atoms with E-state index < -0.39 is 17.5 Å². The lowest BCUT2D eigenvalue weighted by Crippen LogP contribution is -2.46. The second kappa shape index (κ2) is 14.4. The van der Waals surface area contributed by atoms with Crippen LogP contribution in [0.25, 0.3) is 22.4 Å². The molecule has 0 aliphatic rings.